The van der Waals surface area contributed by atoms with Crippen LogP contribution in [0.5, 0.6) is 0 Å². The highest BCUT2D eigenvalue weighted by atomic mass is 16.1. The Hall–Kier alpha value is -2.68. The van der Waals surface area contributed by atoms with Gasteiger partial charge in [-0.1, -0.05) is 12.1 Å². The zero-order valence-corrected chi connectivity index (χ0v) is 10.5. The molecule has 96 valence electrons. The highest BCUT2D eigenvalue weighted by Gasteiger charge is 2.03. The van der Waals surface area contributed by atoms with E-state index in [2.05, 4.69) is 15.6 Å². The van der Waals surface area contributed by atoms with Gasteiger partial charge in [-0.2, -0.15) is 5.26 Å². The molecule has 0 spiro atoms. The van der Waals surface area contributed by atoms with Crippen LogP contribution in [-0.4, -0.2) is 20.9 Å². The Bertz CT molecular complexity index is 609. The third-order valence-electron chi connectivity index (χ3n) is 2.56. The van der Waals surface area contributed by atoms with Crippen molar-refractivity contribution in [1.29, 1.82) is 5.26 Å². The molecule has 1 aromatic heterocycles. The summed E-state index contributed by atoms with van der Waals surface area (Å²) in [5.74, 6) is -0.315. The number of carbonyl (C=O) groups excluding carboxylic acids is 1. The Balaban J connectivity index is 2.10. The van der Waals surface area contributed by atoms with E-state index in [1.165, 1.54) is 0 Å². The van der Waals surface area contributed by atoms with Crippen molar-refractivity contribution in [3.05, 3.63) is 36.2 Å². The van der Waals surface area contributed by atoms with Crippen LogP contribution in [0.1, 0.15) is 19.0 Å². The molecule has 0 unspecified atom stereocenters. The van der Waals surface area contributed by atoms with Crippen molar-refractivity contribution in [2.45, 2.75) is 19.8 Å². The molecule has 2 rings (SSSR count). The first-order valence-electron chi connectivity index (χ1n) is 5.91. The summed E-state index contributed by atoms with van der Waals surface area (Å²) in [6.45, 7) is 2.02. The highest BCUT2D eigenvalue weighted by molar-refractivity contribution is 5.92. The molecule has 6 nitrogen and oxygen atoms in total. The van der Waals surface area contributed by atoms with Crippen molar-refractivity contribution in [3.8, 4) is 11.8 Å². The Labute approximate surface area is 110 Å². The number of hydrogen-bond acceptors (Lipinski definition) is 4. The molecule has 1 amide bonds. The van der Waals surface area contributed by atoms with Crippen LogP contribution in [0.4, 0.5) is 5.69 Å². The number of nitriles is 1. The molecular weight excluding hydrogens is 242 g/mol. The van der Waals surface area contributed by atoms with E-state index in [-0.39, 0.29) is 12.3 Å². The Kier molecular flexibility index (Phi) is 3.88. The summed E-state index contributed by atoms with van der Waals surface area (Å²) in [5, 5.41) is 19.1. The quantitative estimate of drug-likeness (QED) is 0.900. The van der Waals surface area contributed by atoms with Gasteiger partial charge in [-0.3, -0.25) is 4.79 Å². The summed E-state index contributed by atoms with van der Waals surface area (Å²) in [7, 11) is 0. The van der Waals surface area contributed by atoms with Crippen molar-refractivity contribution >= 4 is 11.6 Å². The monoisotopic (exact) mass is 255 g/mol. The Morgan fingerprint density at radius 1 is 1.42 bits per heavy atom. The first-order valence-corrected chi connectivity index (χ1v) is 5.91. The predicted octanol–water partition coefficient (Wildman–Crippen LogP) is 1.68. The summed E-state index contributed by atoms with van der Waals surface area (Å²) in [5.41, 5.74) is 2.44. The standard InChI is InChI=1S/C13H13N5O/c1-2-10-9-18(17-16-10)12-5-3-11(4-6-12)15-13(19)7-8-14/h3-6,9H,2,7H2,1H3,(H,15,19). The average molecular weight is 255 g/mol. The van der Waals surface area contributed by atoms with E-state index in [9.17, 15) is 4.79 Å². The summed E-state index contributed by atoms with van der Waals surface area (Å²) < 4.78 is 1.68. The number of benzene rings is 1. The molecule has 1 N–H and O–H groups in total. The minimum absolute atomic E-state index is 0.148. The van der Waals surface area contributed by atoms with Gasteiger partial charge in [0.15, 0.2) is 0 Å². The van der Waals surface area contributed by atoms with Crippen LogP contribution in [0, 0.1) is 11.3 Å². The molecule has 0 aliphatic carbocycles. The van der Waals surface area contributed by atoms with Crippen molar-refractivity contribution < 1.29 is 4.79 Å². The van der Waals surface area contributed by atoms with Gasteiger partial charge in [0.05, 0.1) is 23.6 Å². The van der Waals surface area contributed by atoms with Crippen LogP contribution in [0.2, 0.25) is 0 Å². The summed E-state index contributed by atoms with van der Waals surface area (Å²) in [6, 6.07) is 8.98. The largest absolute Gasteiger partial charge is 0.325 e. The number of carbonyl (C=O) groups is 1. The van der Waals surface area contributed by atoms with Gasteiger partial charge in [-0.05, 0) is 30.7 Å². The van der Waals surface area contributed by atoms with Crippen LogP contribution < -0.4 is 5.32 Å². The molecule has 19 heavy (non-hydrogen) atoms. The maximum absolute atomic E-state index is 11.2. The molecule has 0 fully saturated rings. The minimum atomic E-state index is -0.315. The van der Waals surface area contributed by atoms with Gasteiger partial charge in [0.25, 0.3) is 0 Å². The fourth-order valence-corrected chi connectivity index (χ4v) is 1.56. The average Bonchev–Trinajstić information content (AvgIpc) is 2.88. The van der Waals surface area contributed by atoms with E-state index < -0.39 is 0 Å². The van der Waals surface area contributed by atoms with E-state index in [1.54, 1.807) is 22.9 Å². The molecule has 0 aliphatic rings. The maximum atomic E-state index is 11.2. The first-order chi connectivity index (χ1) is 9.22. The van der Waals surface area contributed by atoms with Gasteiger partial charge in [-0.25, -0.2) is 4.68 Å². The van der Waals surface area contributed by atoms with Gasteiger partial charge >= 0.3 is 0 Å². The predicted molar refractivity (Wildman–Crippen MR) is 69.6 cm³/mol. The number of hydrogen-bond donors (Lipinski definition) is 1. The lowest BCUT2D eigenvalue weighted by Crippen LogP contribution is -2.10. The fraction of sp³-hybridized carbons (Fsp3) is 0.231. The molecule has 1 heterocycles. The third kappa shape index (κ3) is 3.16. The molecule has 0 aliphatic heterocycles. The number of anilines is 1. The SMILES string of the molecule is CCc1cn(-c2ccc(NC(=O)CC#N)cc2)nn1. The van der Waals surface area contributed by atoms with E-state index in [4.69, 9.17) is 5.26 Å². The van der Waals surface area contributed by atoms with Gasteiger partial charge in [0.1, 0.15) is 6.42 Å². The van der Waals surface area contributed by atoms with E-state index in [0.29, 0.717) is 5.69 Å². The lowest BCUT2D eigenvalue weighted by atomic mass is 10.2. The van der Waals surface area contributed by atoms with Crippen molar-refractivity contribution in [2.24, 2.45) is 0 Å². The molecule has 0 saturated carbocycles. The summed E-state index contributed by atoms with van der Waals surface area (Å²) in [6.07, 6.45) is 2.55. The molecule has 0 radical (unpaired) electrons. The lowest BCUT2D eigenvalue weighted by molar-refractivity contribution is -0.115. The summed E-state index contributed by atoms with van der Waals surface area (Å²) >= 11 is 0. The second-order valence-corrected chi connectivity index (χ2v) is 3.94. The molecule has 0 bridgehead atoms. The van der Waals surface area contributed by atoms with Gasteiger partial charge in [0.2, 0.25) is 5.91 Å². The zero-order valence-electron chi connectivity index (χ0n) is 10.5. The second kappa shape index (κ2) is 5.78. The number of aryl methyl sites for hydroxylation is 1. The molecular formula is C13H13N5O. The van der Waals surface area contributed by atoms with E-state index in [0.717, 1.165) is 17.8 Å². The van der Waals surface area contributed by atoms with Crippen molar-refractivity contribution in [3.63, 3.8) is 0 Å². The molecule has 1 aromatic carbocycles. The Morgan fingerprint density at radius 3 is 2.74 bits per heavy atom. The third-order valence-corrected chi connectivity index (χ3v) is 2.56. The van der Waals surface area contributed by atoms with E-state index in [1.807, 2.05) is 25.3 Å². The molecule has 2 aromatic rings. The van der Waals surface area contributed by atoms with Gasteiger partial charge in [0, 0.05) is 5.69 Å². The zero-order chi connectivity index (χ0) is 13.7. The number of amides is 1. The van der Waals surface area contributed by atoms with Crippen LogP contribution in [-0.2, 0) is 11.2 Å². The Morgan fingerprint density at radius 2 is 2.16 bits per heavy atom. The normalized spacial score (nSPS) is 9.89. The smallest absolute Gasteiger partial charge is 0.238 e. The highest BCUT2D eigenvalue weighted by Crippen LogP contribution is 2.13. The number of nitrogens with zero attached hydrogens (tertiary/aromatic N) is 4. The molecule has 0 saturated heterocycles. The molecule has 0 atom stereocenters. The summed E-state index contributed by atoms with van der Waals surface area (Å²) in [4.78, 5) is 11.2. The van der Waals surface area contributed by atoms with Crippen molar-refractivity contribution in [2.75, 3.05) is 5.32 Å². The number of rotatable bonds is 4. The van der Waals surface area contributed by atoms with Crippen LogP contribution in [0.15, 0.2) is 30.5 Å². The fourth-order valence-electron chi connectivity index (χ4n) is 1.56. The van der Waals surface area contributed by atoms with Crippen molar-refractivity contribution in [1.82, 2.24) is 15.0 Å². The maximum Gasteiger partial charge on any atom is 0.238 e. The first kappa shape index (κ1) is 12.8. The topological polar surface area (TPSA) is 83.6 Å². The van der Waals surface area contributed by atoms with E-state index >= 15 is 0 Å². The number of aromatic nitrogens is 3. The lowest BCUT2D eigenvalue weighted by Gasteiger charge is -2.04. The second-order valence-electron chi connectivity index (χ2n) is 3.94. The number of nitrogens with one attached hydrogen (secondary N) is 1. The van der Waals surface area contributed by atoms with Crippen LogP contribution in [0.25, 0.3) is 5.69 Å². The van der Waals surface area contributed by atoms with Gasteiger partial charge in [-0.15, -0.1) is 5.10 Å². The van der Waals surface area contributed by atoms with Gasteiger partial charge < -0.3 is 5.32 Å². The minimum Gasteiger partial charge on any atom is -0.325 e. The van der Waals surface area contributed by atoms with Crippen LogP contribution in [0.3, 0.4) is 0 Å². The molecule has 6 heteroatoms. The van der Waals surface area contributed by atoms with Crippen LogP contribution >= 0.6 is 0 Å².